The van der Waals surface area contributed by atoms with Gasteiger partial charge in [-0.05, 0) is 48.9 Å². The lowest BCUT2D eigenvalue weighted by molar-refractivity contribution is 0.0342. The fourth-order valence-electron chi connectivity index (χ4n) is 4.29. The van der Waals surface area contributed by atoms with Crippen molar-refractivity contribution < 1.29 is 4.74 Å². The predicted molar refractivity (Wildman–Crippen MR) is 117 cm³/mol. The van der Waals surface area contributed by atoms with Crippen molar-refractivity contribution in [3.8, 4) is 0 Å². The highest BCUT2D eigenvalue weighted by Crippen LogP contribution is 2.34. The predicted octanol–water partition coefficient (Wildman–Crippen LogP) is 3.45. The number of morpholine rings is 1. The van der Waals surface area contributed by atoms with Gasteiger partial charge in [-0.15, -0.1) is 11.3 Å². The topological polar surface area (TPSA) is 59.4 Å². The normalized spacial score (nSPS) is 17.4. The van der Waals surface area contributed by atoms with E-state index in [4.69, 9.17) is 9.72 Å². The van der Waals surface area contributed by atoms with Crippen molar-refractivity contribution in [3.63, 3.8) is 0 Å². The van der Waals surface area contributed by atoms with E-state index in [1.54, 1.807) is 15.9 Å². The molecule has 0 saturated carbocycles. The second-order valence-electron chi connectivity index (χ2n) is 7.90. The fraction of sp³-hybridized carbons (Fsp3) is 0.455. The SMILES string of the molecule is Cn1c(Nc2cccc(CN3CCOCC3)c2)nc2sc3c(c2c1=O)CCCC3. The molecule has 1 aromatic carbocycles. The molecule has 1 fully saturated rings. The number of fused-ring (bicyclic) bond motifs is 3. The summed E-state index contributed by atoms with van der Waals surface area (Å²) in [5.74, 6) is 0.601. The Balaban J connectivity index is 1.43. The molecule has 2 aliphatic rings. The van der Waals surface area contributed by atoms with E-state index in [2.05, 4.69) is 28.4 Å². The standard InChI is InChI=1S/C22H26N4O2S/c1-25-21(27)19-17-7-2-3-8-18(17)29-20(19)24-22(25)23-16-6-4-5-15(13-16)14-26-9-11-28-12-10-26/h4-6,13H,2-3,7-12,14H2,1H3,(H,23,24). The Bertz CT molecular complexity index is 1100. The van der Waals surface area contributed by atoms with E-state index in [9.17, 15) is 4.79 Å². The molecule has 5 rings (SSSR count). The second-order valence-corrected chi connectivity index (χ2v) is 8.99. The molecule has 1 N–H and O–H groups in total. The van der Waals surface area contributed by atoms with Crippen LogP contribution in [0.2, 0.25) is 0 Å². The van der Waals surface area contributed by atoms with Crippen molar-refractivity contribution in [2.75, 3.05) is 31.6 Å². The fourth-order valence-corrected chi connectivity index (χ4v) is 5.54. The van der Waals surface area contributed by atoms with Crippen molar-refractivity contribution in [1.82, 2.24) is 14.5 Å². The summed E-state index contributed by atoms with van der Waals surface area (Å²) >= 11 is 1.69. The highest BCUT2D eigenvalue weighted by atomic mass is 32.1. The first-order valence-corrected chi connectivity index (χ1v) is 11.2. The van der Waals surface area contributed by atoms with Gasteiger partial charge >= 0.3 is 0 Å². The molecule has 3 heterocycles. The van der Waals surface area contributed by atoms with Crippen LogP contribution in [0.25, 0.3) is 10.2 Å². The summed E-state index contributed by atoms with van der Waals surface area (Å²) in [6.07, 6.45) is 4.45. The maximum atomic E-state index is 13.1. The van der Waals surface area contributed by atoms with Crippen molar-refractivity contribution in [1.29, 1.82) is 0 Å². The smallest absolute Gasteiger partial charge is 0.263 e. The molecule has 0 atom stereocenters. The van der Waals surface area contributed by atoms with Crippen LogP contribution in [0.1, 0.15) is 28.8 Å². The number of rotatable bonds is 4. The Labute approximate surface area is 174 Å². The first-order chi connectivity index (χ1) is 14.2. The molecule has 0 bridgehead atoms. The Kier molecular flexibility index (Phi) is 5.11. The number of benzene rings is 1. The Morgan fingerprint density at radius 2 is 2.03 bits per heavy atom. The van der Waals surface area contributed by atoms with Gasteiger partial charge in [-0.2, -0.15) is 0 Å². The molecule has 2 aromatic heterocycles. The Morgan fingerprint density at radius 3 is 2.90 bits per heavy atom. The van der Waals surface area contributed by atoms with Gasteiger partial charge in [-0.1, -0.05) is 12.1 Å². The number of hydrogen-bond donors (Lipinski definition) is 1. The molecule has 152 valence electrons. The van der Waals surface area contributed by atoms with E-state index < -0.39 is 0 Å². The molecule has 29 heavy (non-hydrogen) atoms. The highest BCUT2D eigenvalue weighted by molar-refractivity contribution is 7.18. The van der Waals surface area contributed by atoms with Crippen LogP contribution in [0.4, 0.5) is 11.6 Å². The average Bonchev–Trinajstić information content (AvgIpc) is 3.11. The van der Waals surface area contributed by atoms with Gasteiger partial charge in [0, 0.05) is 37.2 Å². The lowest BCUT2D eigenvalue weighted by Crippen LogP contribution is -2.35. The monoisotopic (exact) mass is 410 g/mol. The molecule has 0 amide bonds. The first-order valence-electron chi connectivity index (χ1n) is 10.4. The van der Waals surface area contributed by atoms with Gasteiger partial charge in [0.1, 0.15) is 4.83 Å². The number of anilines is 2. The van der Waals surface area contributed by atoms with Crippen LogP contribution in [0.3, 0.4) is 0 Å². The van der Waals surface area contributed by atoms with E-state index in [-0.39, 0.29) is 5.56 Å². The van der Waals surface area contributed by atoms with E-state index in [0.29, 0.717) is 5.95 Å². The largest absolute Gasteiger partial charge is 0.379 e. The van der Waals surface area contributed by atoms with Crippen LogP contribution in [0.15, 0.2) is 29.1 Å². The zero-order chi connectivity index (χ0) is 19.8. The van der Waals surface area contributed by atoms with Crippen LogP contribution in [0, 0.1) is 0 Å². The molecular weight excluding hydrogens is 384 g/mol. The summed E-state index contributed by atoms with van der Waals surface area (Å²) in [6, 6.07) is 8.37. The van der Waals surface area contributed by atoms with Crippen LogP contribution in [0.5, 0.6) is 0 Å². The molecule has 0 radical (unpaired) electrons. The van der Waals surface area contributed by atoms with Gasteiger partial charge < -0.3 is 10.1 Å². The van der Waals surface area contributed by atoms with Crippen LogP contribution >= 0.6 is 11.3 Å². The summed E-state index contributed by atoms with van der Waals surface area (Å²) in [6.45, 7) is 4.44. The maximum absolute atomic E-state index is 13.1. The van der Waals surface area contributed by atoms with Gasteiger partial charge in [0.25, 0.3) is 5.56 Å². The summed E-state index contributed by atoms with van der Waals surface area (Å²) in [7, 11) is 1.81. The van der Waals surface area contributed by atoms with Gasteiger partial charge in [0.2, 0.25) is 5.95 Å². The third-order valence-corrected chi connectivity index (χ3v) is 7.08. The van der Waals surface area contributed by atoms with E-state index in [0.717, 1.165) is 68.0 Å². The van der Waals surface area contributed by atoms with Crippen molar-refractivity contribution in [2.45, 2.75) is 32.2 Å². The molecule has 7 heteroatoms. The number of hydrogen-bond acceptors (Lipinski definition) is 6. The number of nitrogens with zero attached hydrogens (tertiary/aromatic N) is 3. The molecule has 6 nitrogen and oxygen atoms in total. The van der Waals surface area contributed by atoms with Gasteiger partial charge in [-0.3, -0.25) is 14.3 Å². The lowest BCUT2D eigenvalue weighted by Gasteiger charge is -2.26. The lowest BCUT2D eigenvalue weighted by atomic mass is 9.97. The van der Waals surface area contributed by atoms with Gasteiger partial charge in [0.05, 0.1) is 18.6 Å². The van der Waals surface area contributed by atoms with Crippen LogP contribution in [-0.2, 0) is 31.2 Å². The summed E-state index contributed by atoms with van der Waals surface area (Å²) in [4.78, 5) is 22.5. The zero-order valence-corrected chi connectivity index (χ0v) is 17.6. The van der Waals surface area contributed by atoms with Gasteiger partial charge in [-0.25, -0.2) is 4.98 Å². The Hall–Kier alpha value is -2.22. The van der Waals surface area contributed by atoms with Gasteiger partial charge in [0.15, 0.2) is 0 Å². The molecule has 1 saturated heterocycles. The zero-order valence-electron chi connectivity index (χ0n) is 16.7. The number of aryl methyl sites for hydroxylation is 2. The summed E-state index contributed by atoms with van der Waals surface area (Å²) in [5, 5.41) is 4.21. The quantitative estimate of drug-likeness (QED) is 0.714. The first kappa shape index (κ1) is 18.8. The third kappa shape index (κ3) is 3.70. The molecule has 3 aromatic rings. The number of thiophene rings is 1. The number of aromatic nitrogens is 2. The molecule has 0 spiro atoms. The van der Waals surface area contributed by atoms with Crippen molar-refractivity contribution in [2.24, 2.45) is 7.05 Å². The molecule has 1 aliphatic heterocycles. The van der Waals surface area contributed by atoms with Crippen molar-refractivity contribution >= 4 is 33.2 Å². The minimum atomic E-state index is 0.0568. The minimum absolute atomic E-state index is 0.0568. The summed E-state index contributed by atoms with van der Waals surface area (Å²) in [5.41, 5.74) is 3.50. The van der Waals surface area contributed by atoms with Crippen molar-refractivity contribution in [3.05, 3.63) is 50.6 Å². The molecule has 0 unspecified atom stereocenters. The van der Waals surface area contributed by atoms with E-state index >= 15 is 0 Å². The Morgan fingerprint density at radius 1 is 1.21 bits per heavy atom. The van der Waals surface area contributed by atoms with Crippen LogP contribution < -0.4 is 10.9 Å². The van der Waals surface area contributed by atoms with E-state index in [1.165, 1.54) is 22.4 Å². The number of nitrogens with one attached hydrogen (secondary N) is 1. The average molecular weight is 411 g/mol. The maximum Gasteiger partial charge on any atom is 0.263 e. The highest BCUT2D eigenvalue weighted by Gasteiger charge is 2.21. The molecular formula is C22H26N4O2S. The third-order valence-electron chi connectivity index (χ3n) is 5.89. The minimum Gasteiger partial charge on any atom is -0.379 e. The molecule has 1 aliphatic carbocycles. The second kappa shape index (κ2) is 7.89. The van der Waals surface area contributed by atoms with Crippen LogP contribution in [-0.4, -0.2) is 40.8 Å². The van der Waals surface area contributed by atoms with E-state index in [1.807, 2.05) is 13.1 Å². The summed E-state index contributed by atoms with van der Waals surface area (Å²) < 4.78 is 7.09. The number of ether oxygens (including phenoxy) is 1.